The lowest BCUT2D eigenvalue weighted by atomic mass is 10.1. The van der Waals surface area contributed by atoms with Gasteiger partial charge < -0.3 is 20.1 Å². The zero-order chi connectivity index (χ0) is 17.8. The Morgan fingerprint density at radius 1 is 1.44 bits per heavy atom. The van der Waals surface area contributed by atoms with E-state index in [-0.39, 0.29) is 12.6 Å². The molecule has 1 saturated heterocycles. The Balaban J connectivity index is 1.74. The predicted octanol–water partition coefficient (Wildman–Crippen LogP) is 3.07. The van der Waals surface area contributed by atoms with Gasteiger partial charge in [-0.1, -0.05) is 23.7 Å². The van der Waals surface area contributed by atoms with Crippen molar-refractivity contribution in [3.63, 3.8) is 0 Å². The Hall–Kier alpha value is -2.38. The number of carbonyl (C=O) groups is 1. The van der Waals surface area contributed by atoms with Gasteiger partial charge in [-0.2, -0.15) is 4.98 Å². The molecule has 2 heterocycles. The number of hydrogen-bond acceptors (Lipinski definition) is 6. The first-order valence-electron chi connectivity index (χ1n) is 7.97. The summed E-state index contributed by atoms with van der Waals surface area (Å²) in [4.78, 5) is 21.3. The normalized spacial score (nSPS) is 16.6. The number of rotatable bonds is 6. The van der Waals surface area contributed by atoms with Crippen molar-refractivity contribution in [2.24, 2.45) is 0 Å². The molecule has 2 N–H and O–H groups in total. The summed E-state index contributed by atoms with van der Waals surface area (Å²) in [5.74, 6) is 0.160. The van der Waals surface area contributed by atoms with Crippen LogP contribution in [0.25, 0.3) is 0 Å². The van der Waals surface area contributed by atoms with Crippen molar-refractivity contribution in [3.8, 4) is 0 Å². The summed E-state index contributed by atoms with van der Waals surface area (Å²) in [6, 6.07) is 7.09. The Bertz CT molecular complexity index is 748. The molecule has 0 amide bonds. The van der Waals surface area contributed by atoms with Gasteiger partial charge >= 0.3 is 5.97 Å². The molecule has 132 valence electrons. The van der Waals surface area contributed by atoms with Crippen molar-refractivity contribution in [3.05, 3.63) is 41.0 Å². The summed E-state index contributed by atoms with van der Waals surface area (Å²) in [6.07, 6.45) is 3.47. The van der Waals surface area contributed by atoms with E-state index in [2.05, 4.69) is 15.3 Å². The lowest BCUT2D eigenvalue weighted by molar-refractivity contribution is -0.136. The number of ether oxygens (including phenoxy) is 1. The van der Waals surface area contributed by atoms with Crippen LogP contribution in [0.5, 0.6) is 0 Å². The summed E-state index contributed by atoms with van der Waals surface area (Å²) in [5, 5.41) is 12.4. The summed E-state index contributed by atoms with van der Waals surface area (Å²) in [7, 11) is 1.90. The molecule has 8 heteroatoms. The number of nitrogens with one attached hydrogen (secondary N) is 1. The van der Waals surface area contributed by atoms with Crippen LogP contribution < -0.4 is 10.2 Å². The fraction of sp³-hybridized carbons (Fsp3) is 0.353. The standard InChI is InChI=1S/C17H19ClN4O3/c1-22(14-3-2-8-25-14)16-13(18)10-19-17(21-16)20-12-6-4-11(5-7-12)9-15(23)24/h4-7,10,14H,2-3,8-9H2,1H3,(H,23,24)(H,19,20,21). The highest BCUT2D eigenvalue weighted by atomic mass is 35.5. The second-order valence-corrected chi connectivity index (χ2v) is 6.24. The van der Waals surface area contributed by atoms with E-state index < -0.39 is 5.97 Å². The van der Waals surface area contributed by atoms with E-state index in [0.29, 0.717) is 16.8 Å². The molecule has 1 aromatic carbocycles. The van der Waals surface area contributed by atoms with Crippen LogP contribution in [0.1, 0.15) is 18.4 Å². The van der Waals surface area contributed by atoms with Gasteiger partial charge in [0.15, 0.2) is 5.82 Å². The smallest absolute Gasteiger partial charge is 0.307 e. The monoisotopic (exact) mass is 362 g/mol. The second kappa shape index (κ2) is 7.67. The number of halogens is 1. The van der Waals surface area contributed by atoms with Gasteiger partial charge in [0.05, 0.1) is 12.6 Å². The van der Waals surface area contributed by atoms with Crippen molar-refractivity contribution in [2.75, 3.05) is 23.9 Å². The van der Waals surface area contributed by atoms with Crippen molar-refractivity contribution in [1.82, 2.24) is 9.97 Å². The highest BCUT2D eigenvalue weighted by Gasteiger charge is 2.23. The van der Waals surface area contributed by atoms with E-state index in [4.69, 9.17) is 21.4 Å². The van der Waals surface area contributed by atoms with Crippen molar-refractivity contribution in [1.29, 1.82) is 0 Å². The summed E-state index contributed by atoms with van der Waals surface area (Å²) in [5.41, 5.74) is 1.50. The minimum absolute atomic E-state index is 0.00590. The Kier molecular flexibility index (Phi) is 5.35. The molecule has 2 aromatic rings. The molecule has 0 bridgehead atoms. The van der Waals surface area contributed by atoms with E-state index in [1.165, 1.54) is 0 Å². The van der Waals surface area contributed by atoms with Crippen molar-refractivity contribution >= 4 is 35.0 Å². The first-order chi connectivity index (χ1) is 12.0. The number of aromatic nitrogens is 2. The van der Waals surface area contributed by atoms with Gasteiger partial charge in [-0.25, -0.2) is 4.98 Å². The van der Waals surface area contributed by atoms with Gasteiger partial charge in [0.1, 0.15) is 11.3 Å². The number of aliphatic carboxylic acids is 1. The molecule has 1 atom stereocenters. The number of carboxylic acid groups (broad SMARTS) is 1. The number of anilines is 3. The fourth-order valence-corrected chi connectivity index (χ4v) is 2.90. The van der Waals surface area contributed by atoms with Crippen LogP contribution in [0.3, 0.4) is 0 Å². The van der Waals surface area contributed by atoms with Crippen molar-refractivity contribution in [2.45, 2.75) is 25.5 Å². The van der Waals surface area contributed by atoms with E-state index in [1.807, 2.05) is 11.9 Å². The highest BCUT2D eigenvalue weighted by molar-refractivity contribution is 6.32. The fourth-order valence-electron chi connectivity index (χ4n) is 2.68. The van der Waals surface area contributed by atoms with Crippen LogP contribution in [0, 0.1) is 0 Å². The van der Waals surface area contributed by atoms with E-state index in [1.54, 1.807) is 30.5 Å². The molecule has 0 saturated carbocycles. The minimum atomic E-state index is -0.858. The van der Waals surface area contributed by atoms with Crippen LogP contribution in [0.4, 0.5) is 17.5 Å². The third-order valence-corrected chi connectivity index (χ3v) is 4.23. The molecule has 25 heavy (non-hydrogen) atoms. The second-order valence-electron chi connectivity index (χ2n) is 5.84. The zero-order valence-corrected chi connectivity index (χ0v) is 14.5. The number of hydrogen-bond donors (Lipinski definition) is 2. The molecule has 1 unspecified atom stereocenters. The van der Waals surface area contributed by atoms with E-state index >= 15 is 0 Å². The van der Waals surface area contributed by atoms with Gasteiger partial charge in [-0.3, -0.25) is 4.79 Å². The third kappa shape index (κ3) is 4.37. The van der Waals surface area contributed by atoms with Gasteiger partial charge in [-0.05, 0) is 30.5 Å². The largest absolute Gasteiger partial charge is 0.481 e. The molecule has 3 rings (SSSR count). The van der Waals surface area contributed by atoms with Crippen LogP contribution in [0.15, 0.2) is 30.5 Å². The maximum Gasteiger partial charge on any atom is 0.307 e. The molecule has 0 spiro atoms. The number of nitrogens with zero attached hydrogens (tertiary/aromatic N) is 3. The van der Waals surface area contributed by atoms with E-state index in [9.17, 15) is 4.79 Å². The van der Waals surface area contributed by atoms with Crippen LogP contribution in [0.2, 0.25) is 5.02 Å². The highest BCUT2D eigenvalue weighted by Crippen LogP contribution is 2.28. The zero-order valence-electron chi connectivity index (χ0n) is 13.8. The minimum Gasteiger partial charge on any atom is -0.481 e. The summed E-state index contributed by atoms with van der Waals surface area (Å²) >= 11 is 6.24. The SMILES string of the molecule is CN(c1nc(Nc2ccc(CC(=O)O)cc2)ncc1Cl)C1CCCO1. The van der Waals surface area contributed by atoms with Crippen LogP contribution in [-0.4, -0.2) is 40.9 Å². The Morgan fingerprint density at radius 3 is 2.84 bits per heavy atom. The predicted molar refractivity (Wildman–Crippen MR) is 95.5 cm³/mol. The van der Waals surface area contributed by atoms with Gasteiger partial charge in [0.25, 0.3) is 0 Å². The lowest BCUT2D eigenvalue weighted by Gasteiger charge is -2.25. The molecule has 1 aliphatic heterocycles. The Morgan fingerprint density at radius 2 is 2.20 bits per heavy atom. The first kappa shape index (κ1) is 17.4. The average Bonchev–Trinajstić information content (AvgIpc) is 3.12. The third-order valence-electron chi connectivity index (χ3n) is 3.96. The molecule has 1 aromatic heterocycles. The number of carboxylic acids is 1. The van der Waals surface area contributed by atoms with Gasteiger partial charge in [0.2, 0.25) is 5.95 Å². The van der Waals surface area contributed by atoms with Crippen LogP contribution in [-0.2, 0) is 16.0 Å². The van der Waals surface area contributed by atoms with Gasteiger partial charge in [0, 0.05) is 19.3 Å². The molecule has 0 radical (unpaired) electrons. The summed E-state index contributed by atoms with van der Waals surface area (Å²) < 4.78 is 5.67. The molecular formula is C17H19ClN4O3. The summed E-state index contributed by atoms with van der Waals surface area (Å²) in [6.45, 7) is 0.742. The van der Waals surface area contributed by atoms with Crippen molar-refractivity contribution < 1.29 is 14.6 Å². The quantitative estimate of drug-likeness (QED) is 0.816. The van der Waals surface area contributed by atoms with Crippen LogP contribution >= 0.6 is 11.6 Å². The maximum absolute atomic E-state index is 10.7. The number of benzene rings is 1. The average molecular weight is 363 g/mol. The maximum atomic E-state index is 10.7. The van der Waals surface area contributed by atoms with E-state index in [0.717, 1.165) is 30.7 Å². The topological polar surface area (TPSA) is 87.6 Å². The molecule has 1 aliphatic rings. The molecular weight excluding hydrogens is 344 g/mol. The molecule has 7 nitrogen and oxygen atoms in total. The first-order valence-corrected chi connectivity index (χ1v) is 8.35. The lowest BCUT2D eigenvalue weighted by Crippen LogP contribution is -2.31. The molecule has 0 aliphatic carbocycles. The molecule has 1 fully saturated rings. The van der Waals surface area contributed by atoms with Gasteiger partial charge in [-0.15, -0.1) is 0 Å². The Labute approximate surface area is 150 Å².